The van der Waals surface area contributed by atoms with Crippen molar-refractivity contribution in [3.05, 3.63) is 0 Å². The minimum absolute atomic E-state index is 0.0848. The van der Waals surface area contributed by atoms with Crippen LogP contribution in [-0.4, -0.2) is 44.4 Å². The van der Waals surface area contributed by atoms with Gasteiger partial charge in [-0.15, -0.1) is 0 Å². The molecule has 3 N–H and O–H groups in total. The quantitative estimate of drug-likeness (QED) is 0.632. The van der Waals surface area contributed by atoms with Gasteiger partial charge in [0, 0.05) is 20.3 Å². The highest BCUT2D eigenvalue weighted by molar-refractivity contribution is 5.81. The van der Waals surface area contributed by atoms with E-state index in [1.54, 1.807) is 7.11 Å². The SMILES string of the molecule is COCCCC(N)C(=O)NC1CCOC1C. The third-order valence-corrected chi connectivity index (χ3v) is 2.90. The lowest BCUT2D eigenvalue weighted by molar-refractivity contribution is -0.123. The van der Waals surface area contributed by atoms with Gasteiger partial charge >= 0.3 is 0 Å². The summed E-state index contributed by atoms with van der Waals surface area (Å²) in [4.78, 5) is 11.7. The summed E-state index contributed by atoms with van der Waals surface area (Å²) in [5, 5.41) is 2.93. The summed E-state index contributed by atoms with van der Waals surface area (Å²) < 4.78 is 10.3. The molecule has 1 saturated heterocycles. The second kappa shape index (κ2) is 6.83. The molecule has 1 heterocycles. The van der Waals surface area contributed by atoms with Crippen molar-refractivity contribution in [2.24, 2.45) is 5.73 Å². The number of ether oxygens (including phenoxy) is 2. The van der Waals surface area contributed by atoms with E-state index in [4.69, 9.17) is 15.2 Å². The zero-order valence-corrected chi connectivity index (χ0v) is 10.1. The molecule has 16 heavy (non-hydrogen) atoms. The van der Waals surface area contributed by atoms with Gasteiger partial charge in [-0.1, -0.05) is 0 Å². The van der Waals surface area contributed by atoms with Crippen molar-refractivity contribution in [2.45, 2.75) is 44.4 Å². The van der Waals surface area contributed by atoms with Gasteiger partial charge < -0.3 is 20.5 Å². The minimum atomic E-state index is -0.442. The Morgan fingerprint density at radius 2 is 2.44 bits per heavy atom. The smallest absolute Gasteiger partial charge is 0.237 e. The van der Waals surface area contributed by atoms with Crippen LogP contribution in [0, 0.1) is 0 Å². The molecule has 1 fully saturated rings. The lowest BCUT2D eigenvalue weighted by Crippen LogP contribution is -2.47. The van der Waals surface area contributed by atoms with Crippen LogP contribution < -0.4 is 11.1 Å². The number of carbonyl (C=O) groups is 1. The van der Waals surface area contributed by atoms with Crippen molar-refractivity contribution >= 4 is 5.91 Å². The Morgan fingerprint density at radius 1 is 1.69 bits per heavy atom. The summed E-state index contributed by atoms with van der Waals surface area (Å²) in [7, 11) is 1.64. The van der Waals surface area contributed by atoms with E-state index >= 15 is 0 Å². The van der Waals surface area contributed by atoms with Crippen molar-refractivity contribution in [3.8, 4) is 0 Å². The second-order valence-corrected chi connectivity index (χ2v) is 4.22. The number of hydrogen-bond donors (Lipinski definition) is 2. The maximum absolute atomic E-state index is 11.7. The largest absolute Gasteiger partial charge is 0.385 e. The topological polar surface area (TPSA) is 73.6 Å². The molecule has 1 aliphatic rings. The van der Waals surface area contributed by atoms with E-state index < -0.39 is 6.04 Å². The first kappa shape index (κ1) is 13.4. The molecule has 0 spiro atoms. The van der Waals surface area contributed by atoms with Gasteiger partial charge in [-0.25, -0.2) is 0 Å². The molecule has 1 rings (SSSR count). The second-order valence-electron chi connectivity index (χ2n) is 4.22. The molecule has 0 aromatic carbocycles. The summed E-state index contributed by atoms with van der Waals surface area (Å²) in [6, 6.07) is -0.330. The summed E-state index contributed by atoms with van der Waals surface area (Å²) in [5.41, 5.74) is 5.77. The molecule has 1 aliphatic heterocycles. The zero-order chi connectivity index (χ0) is 12.0. The molecule has 0 aromatic rings. The van der Waals surface area contributed by atoms with Crippen molar-refractivity contribution in [1.82, 2.24) is 5.32 Å². The van der Waals surface area contributed by atoms with Gasteiger partial charge in [0.1, 0.15) is 0 Å². The summed E-state index contributed by atoms with van der Waals surface area (Å²) >= 11 is 0. The highest BCUT2D eigenvalue weighted by Crippen LogP contribution is 2.12. The predicted octanol–water partition coefficient (Wildman–Crippen LogP) is 0.0339. The molecular weight excluding hydrogens is 208 g/mol. The summed E-state index contributed by atoms with van der Waals surface area (Å²) in [6.07, 6.45) is 2.43. The highest BCUT2D eigenvalue weighted by Gasteiger charge is 2.27. The molecule has 3 atom stereocenters. The fraction of sp³-hybridized carbons (Fsp3) is 0.909. The van der Waals surface area contributed by atoms with Crippen LogP contribution >= 0.6 is 0 Å². The third-order valence-electron chi connectivity index (χ3n) is 2.90. The average Bonchev–Trinajstić information content (AvgIpc) is 2.64. The first-order valence-corrected chi connectivity index (χ1v) is 5.81. The van der Waals surface area contributed by atoms with Gasteiger partial charge in [-0.3, -0.25) is 4.79 Å². The molecule has 3 unspecified atom stereocenters. The van der Waals surface area contributed by atoms with E-state index in [1.807, 2.05) is 6.92 Å². The van der Waals surface area contributed by atoms with Gasteiger partial charge in [0.15, 0.2) is 0 Å². The summed E-state index contributed by atoms with van der Waals surface area (Å²) in [5.74, 6) is -0.0848. The Bertz CT molecular complexity index is 223. The van der Waals surface area contributed by atoms with Crippen molar-refractivity contribution in [1.29, 1.82) is 0 Å². The van der Waals surface area contributed by atoms with Crippen LogP contribution in [0.15, 0.2) is 0 Å². The van der Waals surface area contributed by atoms with Crippen molar-refractivity contribution < 1.29 is 14.3 Å². The number of carbonyl (C=O) groups excluding carboxylic acids is 1. The van der Waals surface area contributed by atoms with Crippen LogP contribution in [0.4, 0.5) is 0 Å². The van der Waals surface area contributed by atoms with E-state index in [9.17, 15) is 4.79 Å². The number of amides is 1. The highest BCUT2D eigenvalue weighted by atomic mass is 16.5. The number of nitrogens with two attached hydrogens (primary N) is 1. The van der Waals surface area contributed by atoms with E-state index in [0.29, 0.717) is 19.6 Å². The molecule has 0 aliphatic carbocycles. The first-order valence-electron chi connectivity index (χ1n) is 5.81. The normalized spacial score (nSPS) is 26.7. The number of rotatable bonds is 6. The van der Waals surface area contributed by atoms with Crippen LogP contribution in [-0.2, 0) is 14.3 Å². The van der Waals surface area contributed by atoms with Gasteiger partial charge in [0.2, 0.25) is 5.91 Å². The standard InChI is InChI=1S/C11H22N2O3/c1-8-10(5-7-16-8)13-11(14)9(12)4-3-6-15-2/h8-10H,3-7,12H2,1-2H3,(H,13,14). The van der Waals surface area contributed by atoms with E-state index in [0.717, 1.165) is 12.8 Å². The minimum Gasteiger partial charge on any atom is -0.385 e. The number of hydrogen-bond acceptors (Lipinski definition) is 4. The monoisotopic (exact) mass is 230 g/mol. The Morgan fingerprint density at radius 3 is 3.00 bits per heavy atom. The van der Waals surface area contributed by atoms with Gasteiger partial charge in [-0.05, 0) is 26.2 Å². The van der Waals surface area contributed by atoms with Crippen LogP contribution in [0.2, 0.25) is 0 Å². The molecule has 5 nitrogen and oxygen atoms in total. The Balaban J connectivity index is 2.22. The van der Waals surface area contributed by atoms with E-state index in [-0.39, 0.29) is 18.1 Å². The molecule has 94 valence electrons. The van der Waals surface area contributed by atoms with Gasteiger partial charge in [0.05, 0.1) is 18.2 Å². The first-order chi connectivity index (χ1) is 7.65. The van der Waals surface area contributed by atoms with Crippen LogP contribution in [0.1, 0.15) is 26.2 Å². The third kappa shape index (κ3) is 4.08. The Kier molecular flexibility index (Phi) is 5.73. The van der Waals surface area contributed by atoms with Gasteiger partial charge in [0.25, 0.3) is 0 Å². The van der Waals surface area contributed by atoms with E-state index in [1.165, 1.54) is 0 Å². The molecular formula is C11H22N2O3. The van der Waals surface area contributed by atoms with Crippen LogP contribution in [0.5, 0.6) is 0 Å². The van der Waals surface area contributed by atoms with E-state index in [2.05, 4.69) is 5.32 Å². The number of methoxy groups -OCH3 is 1. The fourth-order valence-corrected chi connectivity index (χ4v) is 1.79. The fourth-order valence-electron chi connectivity index (χ4n) is 1.79. The van der Waals surface area contributed by atoms with Crippen molar-refractivity contribution in [2.75, 3.05) is 20.3 Å². The summed E-state index contributed by atoms with van der Waals surface area (Å²) in [6.45, 7) is 3.32. The molecule has 5 heteroatoms. The predicted molar refractivity (Wildman–Crippen MR) is 61.0 cm³/mol. The molecule has 1 amide bonds. The molecule has 0 bridgehead atoms. The molecule has 0 saturated carbocycles. The maximum atomic E-state index is 11.7. The van der Waals surface area contributed by atoms with Gasteiger partial charge in [-0.2, -0.15) is 0 Å². The van der Waals surface area contributed by atoms with Crippen LogP contribution in [0.25, 0.3) is 0 Å². The maximum Gasteiger partial charge on any atom is 0.237 e. The molecule has 0 radical (unpaired) electrons. The number of nitrogens with one attached hydrogen (secondary N) is 1. The Labute approximate surface area is 96.7 Å². The average molecular weight is 230 g/mol. The molecule has 0 aromatic heterocycles. The lowest BCUT2D eigenvalue weighted by Gasteiger charge is -2.19. The Hall–Kier alpha value is -0.650. The van der Waals surface area contributed by atoms with Crippen LogP contribution in [0.3, 0.4) is 0 Å². The lowest BCUT2D eigenvalue weighted by atomic mass is 10.1. The zero-order valence-electron chi connectivity index (χ0n) is 10.1. The van der Waals surface area contributed by atoms with Crippen molar-refractivity contribution in [3.63, 3.8) is 0 Å².